The minimum absolute atomic E-state index is 0.00652. The Labute approximate surface area is 221 Å². The summed E-state index contributed by atoms with van der Waals surface area (Å²) in [6, 6.07) is 7.91. The molecule has 0 spiro atoms. The number of nitrogens with one attached hydrogen (secondary N) is 3. The van der Waals surface area contributed by atoms with E-state index in [1.807, 2.05) is 0 Å². The van der Waals surface area contributed by atoms with E-state index in [2.05, 4.69) is 15.6 Å². The Morgan fingerprint density at radius 3 is 2.36 bits per heavy atom. The molecule has 2 aromatic carbocycles. The van der Waals surface area contributed by atoms with Crippen LogP contribution in [0.15, 0.2) is 65.7 Å². The lowest BCUT2D eigenvalue weighted by molar-refractivity contribution is -0.137. The second-order valence-electron chi connectivity index (χ2n) is 8.60. The molecule has 0 aliphatic rings. The van der Waals surface area contributed by atoms with Crippen LogP contribution in [0, 0.1) is 5.82 Å². The van der Waals surface area contributed by atoms with Gasteiger partial charge in [-0.15, -0.1) is 0 Å². The van der Waals surface area contributed by atoms with Crippen LogP contribution in [0.4, 0.5) is 28.9 Å². The third kappa shape index (κ3) is 8.19. The highest BCUT2D eigenvalue weighted by Crippen LogP contribution is 2.34. The summed E-state index contributed by atoms with van der Waals surface area (Å²) in [7, 11) is 3.33. The summed E-state index contributed by atoms with van der Waals surface area (Å²) in [6.45, 7) is 2.02. The number of amides is 2. The van der Waals surface area contributed by atoms with Gasteiger partial charge >= 0.3 is 6.18 Å². The van der Waals surface area contributed by atoms with Crippen molar-refractivity contribution in [3.05, 3.63) is 88.2 Å². The molecule has 0 bridgehead atoms. The minimum Gasteiger partial charge on any atom is -0.493 e. The van der Waals surface area contributed by atoms with E-state index in [0.717, 1.165) is 18.2 Å². The molecule has 0 aliphatic carbocycles. The topological polar surface area (TPSA) is 104 Å². The van der Waals surface area contributed by atoms with Gasteiger partial charge in [0.1, 0.15) is 11.6 Å². The molecule has 3 N–H and O–H groups in total. The number of nitrogens with zero attached hydrogens (tertiary/aromatic N) is 1. The van der Waals surface area contributed by atoms with Gasteiger partial charge in [0, 0.05) is 55.6 Å². The van der Waals surface area contributed by atoms with Gasteiger partial charge in [-0.1, -0.05) is 12.1 Å². The molecule has 3 aromatic rings. The van der Waals surface area contributed by atoms with Gasteiger partial charge < -0.3 is 25.3 Å². The zero-order valence-corrected chi connectivity index (χ0v) is 21.3. The van der Waals surface area contributed by atoms with Crippen LogP contribution in [0.1, 0.15) is 18.1 Å². The van der Waals surface area contributed by atoms with Crippen molar-refractivity contribution in [3.63, 3.8) is 0 Å². The molecule has 2 amide bonds. The summed E-state index contributed by atoms with van der Waals surface area (Å²) < 4.78 is 60.6. The largest absolute Gasteiger partial charge is 0.493 e. The first-order chi connectivity index (χ1) is 18.3. The van der Waals surface area contributed by atoms with E-state index in [-0.39, 0.29) is 29.3 Å². The van der Waals surface area contributed by atoms with Gasteiger partial charge in [0.25, 0.3) is 5.56 Å². The predicted octanol–water partition coefficient (Wildman–Crippen LogP) is 4.79. The molecule has 1 heterocycles. The third-order valence-corrected chi connectivity index (χ3v) is 5.24. The summed E-state index contributed by atoms with van der Waals surface area (Å²) in [5.74, 6) is -1.92. The van der Waals surface area contributed by atoms with Crippen molar-refractivity contribution in [3.8, 4) is 16.9 Å². The number of carbonyl (C=O) groups excluding carboxylic acids is 2. The molecule has 39 heavy (non-hydrogen) atoms. The second kappa shape index (κ2) is 12.3. The Kier molecular flexibility index (Phi) is 9.12. The average Bonchev–Trinajstić information content (AvgIpc) is 2.84. The Bertz CT molecular complexity index is 1450. The molecule has 206 valence electrons. The molecule has 8 nitrogen and oxygen atoms in total. The van der Waals surface area contributed by atoms with Crippen LogP contribution < -0.4 is 20.9 Å². The molecule has 0 aliphatic heterocycles. The SMILES string of the molecule is CCOc1cc(=O)[nH]cc1-c1ccc(CC(=O)Nc2cc(NC(=O)C=CN(C)C)cc(C(F)(F)F)c2)c(F)c1. The first-order valence-corrected chi connectivity index (χ1v) is 11.7. The van der Waals surface area contributed by atoms with Crippen molar-refractivity contribution in [1.29, 1.82) is 0 Å². The number of halogens is 4. The van der Waals surface area contributed by atoms with Gasteiger partial charge in [-0.3, -0.25) is 14.4 Å². The van der Waals surface area contributed by atoms with Gasteiger partial charge in [-0.05, 0) is 42.3 Å². The number of carbonyl (C=O) groups is 2. The predicted molar refractivity (Wildman–Crippen MR) is 139 cm³/mol. The maximum absolute atomic E-state index is 14.9. The average molecular weight is 547 g/mol. The van der Waals surface area contributed by atoms with Crippen molar-refractivity contribution in [2.24, 2.45) is 0 Å². The van der Waals surface area contributed by atoms with E-state index in [0.29, 0.717) is 17.2 Å². The molecule has 1 aromatic heterocycles. The number of alkyl halides is 3. The van der Waals surface area contributed by atoms with Gasteiger partial charge in [0.05, 0.1) is 18.6 Å². The van der Waals surface area contributed by atoms with Crippen molar-refractivity contribution in [1.82, 2.24) is 9.88 Å². The second-order valence-corrected chi connectivity index (χ2v) is 8.60. The summed E-state index contributed by atoms with van der Waals surface area (Å²) in [6.07, 6.45) is -1.28. The number of H-pyrrole nitrogens is 1. The number of hydrogen-bond acceptors (Lipinski definition) is 5. The van der Waals surface area contributed by atoms with E-state index in [1.165, 1.54) is 36.7 Å². The number of aromatic nitrogens is 1. The molecule has 3 rings (SSSR count). The van der Waals surface area contributed by atoms with Crippen molar-refractivity contribution >= 4 is 23.2 Å². The highest BCUT2D eigenvalue weighted by molar-refractivity contribution is 6.00. The first-order valence-electron chi connectivity index (χ1n) is 11.7. The fourth-order valence-corrected chi connectivity index (χ4v) is 3.53. The fraction of sp³-hybridized carbons (Fsp3) is 0.222. The molecule has 0 unspecified atom stereocenters. The lowest BCUT2D eigenvalue weighted by atomic mass is 10.0. The van der Waals surface area contributed by atoms with Crippen LogP contribution >= 0.6 is 0 Å². The van der Waals surface area contributed by atoms with Crippen LogP contribution in [0.25, 0.3) is 11.1 Å². The summed E-state index contributed by atoms with van der Waals surface area (Å²) in [5, 5.41) is 4.65. The highest BCUT2D eigenvalue weighted by Gasteiger charge is 2.31. The number of ether oxygens (including phenoxy) is 1. The van der Waals surface area contributed by atoms with E-state index in [1.54, 1.807) is 25.9 Å². The molecule has 0 saturated carbocycles. The summed E-state index contributed by atoms with van der Waals surface area (Å²) >= 11 is 0. The standard InChI is InChI=1S/C27H26F4N4O4/c1-4-39-23-14-25(37)32-15-21(23)16-5-6-17(22(28)9-16)10-26(38)34-20-12-18(27(29,30)31)11-19(13-20)33-24(36)7-8-35(2)3/h5-9,11-15H,4,10H2,1-3H3,(H,32,37)(H,33,36)(H,34,38). The van der Waals surface area contributed by atoms with Gasteiger partial charge in [0.2, 0.25) is 11.8 Å². The van der Waals surface area contributed by atoms with Crippen molar-refractivity contribution < 1.29 is 31.9 Å². The van der Waals surface area contributed by atoms with Crippen molar-refractivity contribution in [2.45, 2.75) is 19.5 Å². The molecule has 0 radical (unpaired) electrons. The quantitative estimate of drug-likeness (QED) is 0.265. The monoisotopic (exact) mass is 546 g/mol. The van der Waals surface area contributed by atoms with E-state index < -0.39 is 41.4 Å². The minimum atomic E-state index is -4.75. The maximum atomic E-state index is 14.9. The number of benzene rings is 2. The first kappa shape index (κ1) is 29.0. The lowest BCUT2D eigenvalue weighted by Gasteiger charge is -2.14. The van der Waals surface area contributed by atoms with Crippen LogP contribution in [-0.4, -0.2) is 42.4 Å². The molecule has 0 fully saturated rings. The van der Waals surface area contributed by atoms with Gasteiger partial charge in [-0.2, -0.15) is 13.2 Å². The Morgan fingerprint density at radius 1 is 1.05 bits per heavy atom. The Balaban J connectivity index is 1.80. The lowest BCUT2D eigenvalue weighted by Crippen LogP contribution is -2.17. The smallest absolute Gasteiger partial charge is 0.416 e. The van der Waals surface area contributed by atoms with Crippen LogP contribution in [0.5, 0.6) is 5.75 Å². The summed E-state index contributed by atoms with van der Waals surface area (Å²) in [4.78, 5) is 40.3. The zero-order valence-electron chi connectivity index (χ0n) is 21.3. The number of aromatic amines is 1. The van der Waals surface area contributed by atoms with E-state index in [4.69, 9.17) is 4.74 Å². The van der Waals surface area contributed by atoms with Crippen LogP contribution in [0.3, 0.4) is 0 Å². The normalized spacial score (nSPS) is 11.4. The number of hydrogen-bond donors (Lipinski definition) is 3. The van der Waals surface area contributed by atoms with Crippen molar-refractivity contribution in [2.75, 3.05) is 31.3 Å². The fourth-order valence-electron chi connectivity index (χ4n) is 3.53. The van der Waals surface area contributed by atoms with Gasteiger partial charge in [-0.25, -0.2) is 4.39 Å². The number of pyridine rings is 1. The molecular formula is C27H26F4N4O4. The number of anilines is 2. The number of rotatable bonds is 9. The molecule has 12 heteroatoms. The highest BCUT2D eigenvalue weighted by atomic mass is 19.4. The van der Waals surface area contributed by atoms with E-state index in [9.17, 15) is 31.9 Å². The Hall–Kier alpha value is -4.61. The van der Waals surface area contributed by atoms with E-state index >= 15 is 0 Å². The van der Waals surface area contributed by atoms with Crippen LogP contribution in [0.2, 0.25) is 0 Å². The Morgan fingerprint density at radius 2 is 1.74 bits per heavy atom. The molecular weight excluding hydrogens is 520 g/mol. The maximum Gasteiger partial charge on any atom is 0.416 e. The molecule has 0 atom stereocenters. The zero-order chi connectivity index (χ0) is 28.7. The van der Waals surface area contributed by atoms with Crippen LogP contribution in [-0.2, 0) is 22.2 Å². The van der Waals surface area contributed by atoms with Gasteiger partial charge in [0.15, 0.2) is 0 Å². The summed E-state index contributed by atoms with van der Waals surface area (Å²) in [5.41, 5.74) is -1.08. The molecule has 0 saturated heterocycles. The third-order valence-electron chi connectivity index (χ3n) is 5.24.